The molecule has 8 heteroatoms. The molecule has 2 heterocycles. The molecule has 1 aliphatic rings. The molecule has 6 nitrogen and oxygen atoms in total. The molecule has 0 saturated heterocycles. The van der Waals surface area contributed by atoms with Crippen LogP contribution >= 0.6 is 11.3 Å². The zero-order chi connectivity index (χ0) is 19.7. The Balaban J connectivity index is 1.72. The van der Waals surface area contributed by atoms with Crippen molar-refractivity contribution < 1.29 is 23.6 Å². The summed E-state index contributed by atoms with van der Waals surface area (Å²) in [6.45, 7) is 2.23. The lowest BCUT2D eigenvalue weighted by Gasteiger charge is -2.20. The second-order valence-corrected chi connectivity index (χ2v) is 7.89. The molecule has 28 heavy (non-hydrogen) atoms. The van der Waals surface area contributed by atoms with E-state index in [1.54, 1.807) is 17.0 Å². The number of hydrogen-bond donors (Lipinski definition) is 1. The molecule has 0 atom stereocenters. The molecular weight excluding hydrogens is 381 g/mol. The molecule has 0 aliphatic carbocycles. The van der Waals surface area contributed by atoms with E-state index in [9.17, 15) is 9.18 Å². The van der Waals surface area contributed by atoms with Crippen molar-refractivity contribution in [3.63, 3.8) is 0 Å². The number of benzene rings is 2. The van der Waals surface area contributed by atoms with Crippen molar-refractivity contribution in [3.8, 4) is 11.5 Å². The largest absolute Gasteiger partial charge is 0.486 e. The lowest BCUT2D eigenvalue weighted by Crippen LogP contribution is -3.06. The van der Waals surface area contributed by atoms with Gasteiger partial charge in [0.25, 0.3) is 5.91 Å². The van der Waals surface area contributed by atoms with Gasteiger partial charge in [-0.3, -0.25) is 9.69 Å². The fourth-order valence-electron chi connectivity index (χ4n) is 2.97. The molecule has 0 saturated carbocycles. The molecule has 0 radical (unpaired) electrons. The van der Waals surface area contributed by atoms with Crippen LogP contribution in [0.15, 0.2) is 36.4 Å². The number of fused-ring (bicyclic) bond motifs is 2. The summed E-state index contributed by atoms with van der Waals surface area (Å²) in [7, 11) is 4.04. The van der Waals surface area contributed by atoms with Gasteiger partial charge >= 0.3 is 0 Å². The molecule has 0 spiro atoms. The maximum Gasteiger partial charge on any atom is 0.260 e. The van der Waals surface area contributed by atoms with Crippen LogP contribution in [0, 0.1) is 5.82 Å². The van der Waals surface area contributed by atoms with Crippen molar-refractivity contribution in [2.45, 2.75) is 0 Å². The third-order valence-electron chi connectivity index (χ3n) is 4.42. The number of amides is 1. The minimum absolute atomic E-state index is 0.267. The fraction of sp³-hybridized carbons (Fsp3) is 0.300. The Labute approximate surface area is 166 Å². The predicted octanol–water partition coefficient (Wildman–Crippen LogP) is 2.00. The number of ether oxygens (including phenoxy) is 2. The zero-order valence-electron chi connectivity index (χ0n) is 15.7. The molecule has 0 fully saturated rings. The minimum Gasteiger partial charge on any atom is -0.486 e. The van der Waals surface area contributed by atoms with Gasteiger partial charge in [-0.25, -0.2) is 9.37 Å². The zero-order valence-corrected chi connectivity index (χ0v) is 16.5. The monoisotopic (exact) mass is 402 g/mol. The molecule has 1 amide bonds. The molecule has 2 aromatic carbocycles. The number of carbonyl (C=O) groups excluding carboxylic acids is 1. The topological polar surface area (TPSA) is 56.1 Å². The van der Waals surface area contributed by atoms with Crippen molar-refractivity contribution in [1.82, 2.24) is 4.98 Å². The molecule has 1 aromatic heterocycles. The van der Waals surface area contributed by atoms with Crippen LogP contribution in [-0.2, 0) is 0 Å². The maximum atomic E-state index is 13.6. The van der Waals surface area contributed by atoms with Gasteiger partial charge in [0.05, 0.1) is 37.4 Å². The highest BCUT2D eigenvalue weighted by Gasteiger charge is 2.24. The van der Waals surface area contributed by atoms with Crippen molar-refractivity contribution in [2.75, 3.05) is 45.3 Å². The van der Waals surface area contributed by atoms with E-state index in [4.69, 9.17) is 9.47 Å². The highest BCUT2D eigenvalue weighted by molar-refractivity contribution is 7.22. The highest BCUT2D eigenvalue weighted by Crippen LogP contribution is 2.39. The van der Waals surface area contributed by atoms with Gasteiger partial charge in [0.15, 0.2) is 16.6 Å². The van der Waals surface area contributed by atoms with E-state index in [1.165, 1.54) is 28.4 Å². The van der Waals surface area contributed by atoms with Gasteiger partial charge in [-0.1, -0.05) is 17.4 Å². The number of nitrogens with zero attached hydrogens (tertiary/aromatic N) is 2. The smallest absolute Gasteiger partial charge is 0.260 e. The summed E-state index contributed by atoms with van der Waals surface area (Å²) in [4.78, 5) is 20.6. The number of hydrogen-bond acceptors (Lipinski definition) is 5. The molecule has 0 bridgehead atoms. The first-order chi connectivity index (χ1) is 13.5. The van der Waals surface area contributed by atoms with Gasteiger partial charge in [-0.05, 0) is 18.2 Å². The Kier molecular flexibility index (Phi) is 5.15. The van der Waals surface area contributed by atoms with Gasteiger partial charge in [0.2, 0.25) is 0 Å². The number of quaternary nitrogens is 1. The Morgan fingerprint density at radius 1 is 1.21 bits per heavy atom. The minimum atomic E-state index is -0.435. The van der Waals surface area contributed by atoms with Gasteiger partial charge in [-0.15, -0.1) is 0 Å². The van der Waals surface area contributed by atoms with Crippen LogP contribution in [0.4, 0.5) is 9.52 Å². The van der Waals surface area contributed by atoms with Crippen LogP contribution in [0.25, 0.3) is 10.2 Å². The molecule has 0 unspecified atom stereocenters. The lowest BCUT2D eigenvalue weighted by molar-refractivity contribution is -0.856. The molecule has 4 rings (SSSR count). The van der Waals surface area contributed by atoms with E-state index in [0.717, 1.165) is 16.8 Å². The van der Waals surface area contributed by atoms with E-state index in [-0.39, 0.29) is 5.91 Å². The Bertz CT molecular complexity index is 978. The number of aromatic nitrogens is 1. The fourth-order valence-corrected chi connectivity index (χ4v) is 3.97. The van der Waals surface area contributed by atoms with Gasteiger partial charge in [0, 0.05) is 17.7 Å². The Hall–Kier alpha value is -2.71. The van der Waals surface area contributed by atoms with Gasteiger partial charge in [-0.2, -0.15) is 0 Å². The van der Waals surface area contributed by atoms with E-state index in [1.807, 2.05) is 26.2 Å². The van der Waals surface area contributed by atoms with Crippen molar-refractivity contribution >= 4 is 32.6 Å². The van der Waals surface area contributed by atoms with E-state index in [0.29, 0.717) is 42.0 Å². The van der Waals surface area contributed by atoms with Crippen LogP contribution in [0.3, 0.4) is 0 Å². The van der Waals surface area contributed by atoms with E-state index < -0.39 is 5.82 Å². The number of carbonyl (C=O) groups is 1. The molecule has 1 aliphatic heterocycles. The summed E-state index contributed by atoms with van der Waals surface area (Å²) in [6.07, 6.45) is 0. The number of halogens is 1. The van der Waals surface area contributed by atoms with Crippen molar-refractivity contribution in [3.05, 3.63) is 47.8 Å². The normalized spacial score (nSPS) is 13.1. The van der Waals surface area contributed by atoms with Crippen LogP contribution in [0.5, 0.6) is 11.5 Å². The number of rotatable bonds is 5. The number of thiazole rings is 1. The third kappa shape index (κ3) is 3.79. The van der Waals surface area contributed by atoms with Crippen molar-refractivity contribution in [2.24, 2.45) is 0 Å². The first-order valence-corrected chi connectivity index (χ1v) is 9.89. The molecular formula is C20H21FN3O3S+. The Morgan fingerprint density at radius 3 is 2.68 bits per heavy atom. The second-order valence-electron chi connectivity index (χ2n) is 6.88. The summed E-state index contributed by atoms with van der Waals surface area (Å²) in [5.41, 5.74) is 1.05. The summed E-state index contributed by atoms with van der Waals surface area (Å²) in [5, 5.41) is 0.577. The first-order valence-electron chi connectivity index (χ1n) is 9.08. The van der Waals surface area contributed by atoms with Crippen LogP contribution in [0.2, 0.25) is 0 Å². The molecule has 146 valence electrons. The van der Waals surface area contributed by atoms with Crippen LogP contribution in [0.1, 0.15) is 10.4 Å². The second kappa shape index (κ2) is 7.73. The van der Waals surface area contributed by atoms with Gasteiger partial charge in [0.1, 0.15) is 19.0 Å². The Morgan fingerprint density at radius 2 is 1.96 bits per heavy atom. The average Bonchev–Trinajstić information content (AvgIpc) is 3.08. The lowest BCUT2D eigenvalue weighted by atomic mass is 10.2. The number of anilines is 1. The van der Waals surface area contributed by atoms with Gasteiger partial charge < -0.3 is 14.4 Å². The summed E-state index contributed by atoms with van der Waals surface area (Å²) in [6, 6.07) is 9.48. The molecule has 1 N–H and O–H groups in total. The average molecular weight is 402 g/mol. The first kappa shape index (κ1) is 18.6. The summed E-state index contributed by atoms with van der Waals surface area (Å²) in [5.74, 6) is 0.651. The maximum absolute atomic E-state index is 13.6. The quantitative estimate of drug-likeness (QED) is 0.709. The number of nitrogens with one attached hydrogen (secondary N) is 1. The third-order valence-corrected chi connectivity index (χ3v) is 5.47. The van der Waals surface area contributed by atoms with E-state index in [2.05, 4.69) is 4.98 Å². The van der Waals surface area contributed by atoms with Crippen LogP contribution < -0.4 is 19.3 Å². The van der Waals surface area contributed by atoms with Crippen LogP contribution in [-0.4, -0.2) is 51.3 Å². The summed E-state index contributed by atoms with van der Waals surface area (Å²) < 4.78 is 25.8. The highest BCUT2D eigenvalue weighted by atomic mass is 32.1. The standard InChI is InChI=1S/C20H20FN3O3S/c1-23(2)6-7-24(19(25)13-4-3-5-14(21)10-13)20-22-15-11-16-17(12-18(15)28-20)27-9-8-26-16/h3-5,10-12H,6-9H2,1-2H3/p+1. The predicted molar refractivity (Wildman–Crippen MR) is 106 cm³/mol. The molecule has 3 aromatic rings. The van der Waals surface area contributed by atoms with Crippen molar-refractivity contribution in [1.29, 1.82) is 0 Å². The SMILES string of the molecule is C[NH+](C)CCN(C(=O)c1cccc(F)c1)c1nc2cc3c(cc2s1)OCCO3. The summed E-state index contributed by atoms with van der Waals surface area (Å²) >= 11 is 1.41. The number of likely N-dealkylation sites (N-methyl/N-ethyl adjacent to an activating group) is 1. The van der Waals surface area contributed by atoms with E-state index >= 15 is 0 Å².